The lowest BCUT2D eigenvalue weighted by Crippen LogP contribution is -2.45. The summed E-state index contributed by atoms with van der Waals surface area (Å²) in [6.45, 7) is 13.3. The summed E-state index contributed by atoms with van der Waals surface area (Å²) in [5.74, 6) is 1.80. The average Bonchev–Trinajstić information content (AvgIpc) is 2.51. The minimum absolute atomic E-state index is 0.358. The maximum absolute atomic E-state index is 3.63. The van der Waals surface area contributed by atoms with Gasteiger partial charge >= 0.3 is 0 Å². The van der Waals surface area contributed by atoms with Gasteiger partial charge in [0.05, 0.1) is 0 Å². The molecule has 0 aliphatic carbocycles. The van der Waals surface area contributed by atoms with E-state index >= 15 is 0 Å². The van der Waals surface area contributed by atoms with Crippen LogP contribution in [-0.4, -0.2) is 36.1 Å². The van der Waals surface area contributed by atoms with Gasteiger partial charge in [0.1, 0.15) is 0 Å². The molecule has 0 spiro atoms. The smallest absolute Gasteiger partial charge is 0.0238 e. The summed E-state index contributed by atoms with van der Waals surface area (Å²) in [4.78, 5) is 2.71. The molecule has 2 rings (SSSR count). The van der Waals surface area contributed by atoms with E-state index < -0.39 is 0 Å². The van der Waals surface area contributed by atoms with Crippen molar-refractivity contribution in [1.29, 1.82) is 0 Å². The van der Waals surface area contributed by atoms with E-state index in [1.165, 1.54) is 32.5 Å². The second-order valence-electron chi connectivity index (χ2n) is 6.36. The largest absolute Gasteiger partial charge is 0.310 e. The monoisotopic (exact) mass is 210 g/mol. The van der Waals surface area contributed by atoms with Crippen LogP contribution in [0.4, 0.5) is 0 Å². The molecule has 0 saturated carbocycles. The summed E-state index contributed by atoms with van der Waals surface area (Å²) in [6, 6.07) is 0.787. The predicted octanol–water partition coefficient (Wildman–Crippen LogP) is 2.10. The minimum Gasteiger partial charge on any atom is -0.310 e. The van der Waals surface area contributed by atoms with Gasteiger partial charge in [-0.2, -0.15) is 0 Å². The SMILES string of the molecule is CC1CCN(C2CNC(C)(C)C2)CC1C. The lowest BCUT2D eigenvalue weighted by atomic mass is 9.87. The van der Waals surface area contributed by atoms with Crippen LogP contribution in [0.25, 0.3) is 0 Å². The highest BCUT2D eigenvalue weighted by molar-refractivity contribution is 4.95. The molecule has 2 aliphatic heterocycles. The average molecular weight is 210 g/mol. The summed E-state index contributed by atoms with van der Waals surface area (Å²) in [5, 5.41) is 3.63. The van der Waals surface area contributed by atoms with Gasteiger partial charge in [-0.25, -0.2) is 0 Å². The molecular weight excluding hydrogens is 184 g/mol. The third-order valence-electron chi connectivity index (χ3n) is 4.44. The minimum atomic E-state index is 0.358. The molecule has 3 atom stereocenters. The first-order valence-corrected chi connectivity index (χ1v) is 6.47. The van der Waals surface area contributed by atoms with Crippen LogP contribution in [0.2, 0.25) is 0 Å². The Labute approximate surface area is 94.4 Å². The number of likely N-dealkylation sites (tertiary alicyclic amines) is 1. The van der Waals surface area contributed by atoms with Crippen molar-refractivity contribution >= 4 is 0 Å². The van der Waals surface area contributed by atoms with Gasteiger partial charge < -0.3 is 5.32 Å². The Hall–Kier alpha value is -0.0800. The van der Waals surface area contributed by atoms with E-state index in [-0.39, 0.29) is 0 Å². The summed E-state index contributed by atoms with van der Waals surface area (Å²) in [6.07, 6.45) is 2.70. The molecule has 2 heterocycles. The zero-order chi connectivity index (χ0) is 11.1. The lowest BCUT2D eigenvalue weighted by molar-refractivity contribution is 0.100. The Morgan fingerprint density at radius 2 is 1.93 bits per heavy atom. The van der Waals surface area contributed by atoms with Crippen molar-refractivity contribution in [1.82, 2.24) is 10.2 Å². The fraction of sp³-hybridized carbons (Fsp3) is 1.00. The molecule has 2 aliphatic rings. The van der Waals surface area contributed by atoms with Crippen LogP contribution in [0.1, 0.15) is 40.5 Å². The van der Waals surface area contributed by atoms with Crippen LogP contribution in [0.3, 0.4) is 0 Å². The second-order valence-corrected chi connectivity index (χ2v) is 6.36. The Morgan fingerprint density at radius 1 is 1.20 bits per heavy atom. The van der Waals surface area contributed by atoms with Crippen LogP contribution in [-0.2, 0) is 0 Å². The Balaban J connectivity index is 1.90. The first kappa shape index (κ1) is 11.4. The third kappa shape index (κ3) is 2.54. The molecule has 0 aromatic carbocycles. The number of piperidine rings is 1. The maximum Gasteiger partial charge on any atom is 0.0238 e. The van der Waals surface area contributed by atoms with Crippen molar-refractivity contribution in [2.24, 2.45) is 11.8 Å². The van der Waals surface area contributed by atoms with Crippen LogP contribution >= 0.6 is 0 Å². The van der Waals surface area contributed by atoms with Gasteiger partial charge in [-0.3, -0.25) is 4.90 Å². The molecule has 0 aromatic rings. The maximum atomic E-state index is 3.63. The van der Waals surface area contributed by atoms with Crippen molar-refractivity contribution in [3.63, 3.8) is 0 Å². The van der Waals surface area contributed by atoms with Gasteiger partial charge in [0.25, 0.3) is 0 Å². The molecule has 2 heteroatoms. The highest BCUT2D eigenvalue weighted by Crippen LogP contribution is 2.28. The Kier molecular flexibility index (Phi) is 3.09. The van der Waals surface area contributed by atoms with Crippen molar-refractivity contribution < 1.29 is 0 Å². The van der Waals surface area contributed by atoms with Crippen molar-refractivity contribution in [3.05, 3.63) is 0 Å². The number of nitrogens with zero attached hydrogens (tertiary/aromatic N) is 1. The van der Waals surface area contributed by atoms with Crippen LogP contribution in [0.15, 0.2) is 0 Å². The summed E-state index contributed by atoms with van der Waals surface area (Å²) in [7, 11) is 0. The lowest BCUT2D eigenvalue weighted by Gasteiger charge is -2.39. The fourth-order valence-electron chi connectivity index (χ4n) is 3.01. The quantitative estimate of drug-likeness (QED) is 0.713. The third-order valence-corrected chi connectivity index (χ3v) is 4.44. The van der Waals surface area contributed by atoms with Gasteiger partial charge in [0.15, 0.2) is 0 Å². The molecule has 2 saturated heterocycles. The van der Waals surface area contributed by atoms with Crippen LogP contribution in [0, 0.1) is 11.8 Å². The van der Waals surface area contributed by atoms with E-state index in [4.69, 9.17) is 0 Å². The van der Waals surface area contributed by atoms with Crippen molar-refractivity contribution in [3.8, 4) is 0 Å². The number of rotatable bonds is 1. The topological polar surface area (TPSA) is 15.3 Å². The molecule has 3 unspecified atom stereocenters. The zero-order valence-electron chi connectivity index (χ0n) is 10.7. The first-order valence-electron chi connectivity index (χ1n) is 6.47. The Morgan fingerprint density at radius 3 is 2.47 bits per heavy atom. The van der Waals surface area contributed by atoms with Gasteiger partial charge in [-0.1, -0.05) is 13.8 Å². The summed E-state index contributed by atoms with van der Waals surface area (Å²) < 4.78 is 0. The molecule has 0 aromatic heterocycles. The molecule has 2 fully saturated rings. The van der Waals surface area contributed by atoms with E-state index in [1.54, 1.807) is 0 Å². The van der Waals surface area contributed by atoms with E-state index in [9.17, 15) is 0 Å². The second kappa shape index (κ2) is 4.06. The highest BCUT2D eigenvalue weighted by atomic mass is 15.2. The highest BCUT2D eigenvalue weighted by Gasteiger charge is 2.36. The fourth-order valence-corrected chi connectivity index (χ4v) is 3.01. The van der Waals surface area contributed by atoms with Crippen LogP contribution < -0.4 is 5.32 Å². The number of nitrogens with one attached hydrogen (secondary N) is 1. The van der Waals surface area contributed by atoms with Crippen molar-refractivity contribution in [2.75, 3.05) is 19.6 Å². The molecule has 15 heavy (non-hydrogen) atoms. The first-order chi connectivity index (χ1) is 6.98. The van der Waals surface area contributed by atoms with E-state index in [0.717, 1.165) is 17.9 Å². The molecule has 1 N–H and O–H groups in total. The van der Waals surface area contributed by atoms with Crippen molar-refractivity contribution in [2.45, 2.75) is 52.1 Å². The number of hydrogen-bond acceptors (Lipinski definition) is 2. The molecule has 0 bridgehead atoms. The van der Waals surface area contributed by atoms with E-state index in [2.05, 4.69) is 37.9 Å². The molecule has 0 radical (unpaired) electrons. The summed E-state index contributed by atoms with van der Waals surface area (Å²) >= 11 is 0. The standard InChI is InChI=1S/C13H26N2/c1-10-5-6-15(9-11(10)2)12-7-13(3,4)14-8-12/h10-12,14H,5-9H2,1-4H3. The van der Waals surface area contributed by atoms with Gasteiger partial charge in [0.2, 0.25) is 0 Å². The van der Waals surface area contributed by atoms with E-state index in [0.29, 0.717) is 5.54 Å². The molecule has 0 amide bonds. The normalized spacial score (nSPS) is 42.0. The predicted molar refractivity (Wildman–Crippen MR) is 65.0 cm³/mol. The van der Waals surface area contributed by atoms with E-state index in [1.807, 2.05) is 0 Å². The summed E-state index contributed by atoms with van der Waals surface area (Å²) in [5.41, 5.74) is 0.358. The van der Waals surface area contributed by atoms with Gasteiger partial charge in [0, 0.05) is 24.7 Å². The molecule has 88 valence electrons. The molecule has 2 nitrogen and oxygen atoms in total. The van der Waals surface area contributed by atoms with Gasteiger partial charge in [-0.15, -0.1) is 0 Å². The van der Waals surface area contributed by atoms with Crippen LogP contribution in [0.5, 0.6) is 0 Å². The van der Waals surface area contributed by atoms with Gasteiger partial charge in [-0.05, 0) is 45.1 Å². The Bertz CT molecular complexity index is 225. The number of hydrogen-bond donors (Lipinski definition) is 1. The zero-order valence-corrected chi connectivity index (χ0v) is 10.7. The molecular formula is C13H26N2.